The molecule has 2 saturated heterocycles. The molecular weight excluding hydrogens is 638 g/mol. The third-order valence-electron chi connectivity index (χ3n) is 8.40. The third-order valence-corrected chi connectivity index (χ3v) is 9.62. The Morgan fingerprint density at radius 1 is 1.09 bits per heavy atom. The zero-order valence-corrected chi connectivity index (χ0v) is 28.0. The van der Waals surface area contributed by atoms with Crippen molar-refractivity contribution in [3.63, 3.8) is 0 Å². The molecule has 14 heteroatoms. The number of carbonyl (C=O) groups is 3. The number of imide groups is 1. The number of nitrogens with one attached hydrogen (secondary N) is 3. The van der Waals surface area contributed by atoms with Crippen molar-refractivity contribution >= 4 is 68.9 Å². The largest absolute Gasteiger partial charge is 0.356 e. The summed E-state index contributed by atoms with van der Waals surface area (Å²) >= 11 is 7.52. The molecule has 2 aliphatic heterocycles. The van der Waals surface area contributed by atoms with Gasteiger partial charge in [0.2, 0.25) is 5.91 Å². The highest BCUT2D eigenvalue weighted by Gasteiger charge is 2.26. The van der Waals surface area contributed by atoms with Crippen LogP contribution in [0.4, 0.5) is 32.9 Å². The molecular formula is C33H36ClN9O3S. The van der Waals surface area contributed by atoms with E-state index >= 15 is 0 Å². The number of nitrogens with zero attached hydrogens (tertiary/aromatic N) is 6. The Bertz CT molecular complexity index is 1770. The molecule has 0 atom stereocenters. The van der Waals surface area contributed by atoms with Gasteiger partial charge in [-0.05, 0) is 63.1 Å². The van der Waals surface area contributed by atoms with Gasteiger partial charge in [0.1, 0.15) is 22.3 Å². The number of aromatic nitrogens is 3. The molecule has 12 nitrogen and oxygen atoms in total. The Hall–Kier alpha value is -4.59. The number of halogens is 1. The molecule has 0 spiro atoms. The number of hydrogen-bond donors (Lipinski definition) is 3. The Morgan fingerprint density at radius 3 is 2.57 bits per heavy atom. The van der Waals surface area contributed by atoms with Crippen molar-refractivity contribution in [1.82, 2.24) is 25.2 Å². The smallest absolute Gasteiger partial charge is 0.328 e. The quantitative estimate of drug-likeness (QED) is 0.203. The van der Waals surface area contributed by atoms with E-state index in [0.29, 0.717) is 51.4 Å². The number of thiazole rings is 1. The summed E-state index contributed by atoms with van der Waals surface area (Å²) < 4.78 is 0. The summed E-state index contributed by atoms with van der Waals surface area (Å²) in [5, 5.41) is 9.54. The van der Waals surface area contributed by atoms with Gasteiger partial charge >= 0.3 is 6.03 Å². The topological polar surface area (TPSA) is 136 Å². The van der Waals surface area contributed by atoms with E-state index in [1.54, 1.807) is 11.0 Å². The molecule has 3 N–H and O–H groups in total. The highest BCUT2D eigenvalue weighted by atomic mass is 35.5. The fraction of sp³-hybridized carbons (Fsp3) is 0.333. The minimum Gasteiger partial charge on any atom is -0.356 e. The minimum absolute atomic E-state index is 0.236. The number of anilines is 5. The zero-order valence-electron chi connectivity index (χ0n) is 26.4. The van der Waals surface area contributed by atoms with Gasteiger partial charge in [-0.1, -0.05) is 47.2 Å². The molecule has 4 heterocycles. The maximum atomic E-state index is 12.9. The van der Waals surface area contributed by atoms with E-state index in [0.717, 1.165) is 55.1 Å². The van der Waals surface area contributed by atoms with Gasteiger partial charge in [0.15, 0.2) is 5.13 Å². The lowest BCUT2D eigenvalue weighted by molar-refractivity contribution is -0.120. The predicted octanol–water partition coefficient (Wildman–Crippen LogP) is 5.75. The number of carbonyl (C=O) groups excluding carboxylic acids is 3. The molecule has 2 aliphatic rings. The highest BCUT2D eigenvalue weighted by Crippen LogP contribution is 2.29. The van der Waals surface area contributed by atoms with E-state index in [4.69, 9.17) is 16.6 Å². The second kappa shape index (κ2) is 14.0. The van der Waals surface area contributed by atoms with Crippen LogP contribution in [-0.4, -0.2) is 70.4 Å². The summed E-state index contributed by atoms with van der Waals surface area (Å²) in [4.78, 5) is 56.9. The van der Waals surface area contributed by atoms with E-state index < -0.39 is 0 Å². The zero-order chi connectivity index (χ0) is 33.1. The molecule has 4 amide bonds. The first-order chi connectivity index (χ1) is 22.6. The molecule has 0 saturated carbocycles. The van der Waals surface area contributed by atoms with Crippen LogP contribution in [0.15, 0.2) is 54.7 Å². The first-order valence-electron chi connectivity index (χ1n) is 15.4. The fourth-order valence-corrected chi connectivity index (χ4v) is 6.82. The molecule has 6 rings (SSSR count). The second-order valence-corrected chi connectivity index (χ2v) is 13.2. The number of amides is 4. The van der Waals surface area contributed by atoms with Crippen LogP contribution in [0.3, 0.4) is 0 Å². The molecule has 2 aromatic heterocycles. The standard InChI is InChI=1S/C33H36ClN9O3S/c1-20-5-4-6-25(34)30(20)40-31(45)26-18-35-32(47-26)38-27-17-28(37-21(2)36-27)42-14-11-23(12-15-42)41(3)19-22-7-9-24(10-8-22)43-16-13-29(44)39-33(43)46/h4-10,17-18,23H,11-16,19H2,1-3H3,(H,40,45)(H,39,44,46)(H,35,36,37,38). The van der Waals surface area contributed by atoms with Crippen molar-refractivity contribution in [2.45, 2.75) is 45.7 Å². The van der Waals surface area contributed by atoms with Gasteiger partial charge < -0.3 is 15.5 Å². The lowest BCUT2D eigenvalue weighted by atomic mass is 10.0. The fourth-order valence-electron chi connectivity index (χ4n) is 5.83. The van der Waals surface area contributed by atoms with Gasteiger partial charge in [0, 0.05) is 50.4 Å². The number of hydrogen-bond acceptors (Lipinski definition) is 10. The molecule has 2 aromatic carbocycles. The number of urea groups is 1. The molecule has 4 aromatic rings. The third kappa shape index (κ3) is 7.70. The van der Waals surface area contributed by atoms with Crippen LogP contribution in [0.2, 0.25) is 5.02 Å². The van der Waals surface area contributed by atoms with Crippen molar-refractivity contribution in [2.75, 3.05) is 47.1 Å². The predicted molar refractivity (Wildman–Crippen MR) is 185 cm³/mol. The number of para-hydroxylation sites is 1. The molecule has 0 aliphatic carbocycles. The summed E-state index contributed by atoms with van der Waals surface area (Å²) in [5.41, 5.74) is 3.42. The van der Waals surface area contributed by atoms with Gasteiger partial charge in [-0.25, -0.2) is 19.7 Å². The second-order valence-electron chi connectivity index (χ2n) is 11.8. The Labute approximate surface area is 282 Å². The summed E-state index contributed by atoms with van der Waals surface area (Å²) in [6.07, 6.45) is 3.81. The van der Waals surface area contributed by atoms with Crippen molar-refractivity contribution in [2.24, 2.45) is 0 Å². The van der Waals surface area contributed by atoms with E-state index in [9.17, 15) is 14.4 Å². The Morgan fingerprint density at radius 2 is 1.85 bits per heavy atom. The first kappa shape index (κ1) is 32.4. The van der Waals surface area contributed by atoms with E-state index in [1.165, 1.54) is 17.5 Å². The average Bonchev–Trinajstić information content (AvgIpc) is 3.52. The molecule has 47 heavy (non-hydrogen) atoms. The molecule has 0 unspecified atom stereocenters. The maximum Gasteiger partial charge on any atom is 0.328 e. The maximum absolute atomic E-state index is 12.9. The molecule has 2 fully saturated rings. The molecule has 0 radical (unpaired) electrons. The normalized spacial score (nSPS) is 15.6. The number of aryl methyl sites for hydroxylation is 2. The summed E-state index contributed by atoms with van der Waals surface area (Å²) in [5.74, 6) is 1.60. The van der Waals surface area contributed by atoms with Crippen LogP contribution in [0.5, 0.6) is 0 Å². The summed E-state index contributed by atoms with van der Waals surface area (Å²) in [6.45, 7) is 6.66. The van der Waals surface area contributed by atoms with Crippen LogP contribution in [0.25, 0.3) is 0 Å². The average molecular weight is 674 g/mol. The van der Waals surface area contributed by atoms with Crippen LogP contribution in [0.1, 0.15) is 45.9 Å². The van der Waals surface area contributed by atoms with E-state index in [2.05, 4.69) is 42.8 Å². The van der Waals surface area contributed by atoms with Gasteiger partial charge in [-0.3, -0.25) is 24.7 Å². The van der Waals surface area contributed by atoms with E-state index in [-0.39, 0.29) is 17.8 Å². The van der Waals surface area contributed by atoms with E-state index in [1.807, 2.05) is 56.3 Å². The van der Waals surface area contributed by atoms with Crippen molar-refractivity contribution in [1.29, 1.82) is 0 Å². The number of rotatable bonds is 9. The number of piperidine rings is 1. The van der Waals surface area contributed by atoms with Gasteiger partial charge in [-0.15, -0.1) is 0 Å². The van der Waals surface area contributed by atoms with Gasteiger partial charge in [0.25, 0.3) is 5.91 Å². The SMILES string of the molecule is Cc1nc(Nc2ncc(C(=O)Nc3c(C)cccc3Cl)s2)cc(N2CCC(N(C)Cc3ccc(N4CCC(=O)NC4=O)cc3)CC2)n1. The van der Waals surface area contributed by atoms with Crippen molar-refractivity contribution in [3.05, 3.63) is 81.6 Å². The summed E-state index contributed by atoms with van der Waals surface area (Å²) in [6, 6.07) is 15.4. The van der Waals surface area contributed by atoms with Crippen molar-refractivity contribution in [3.8, 4) is 0 Å². The highest BCUT2D eigenvalue weighted by molar-refractivity contribution is 7.17. The lowest BCUT2D eigenvalue weighted by Gasteiger charge is -2.37. The van der Waals surface area contributed by atoms with Crippen LogP contribution >= 0.6 is 22.9 Å². The van der Waals surface area contributed by atoms with Crippen LogP contribution < -0.4 is 25.8 Å². The Kier molecular flexibility index (Phi) is 9.66. The van der Waals surface area contributed by atoms with Crippen LogP contribution in [0, 0.1) is 13.8 Å². The lowest BCUT2D eigenvalue weighted by Crippen LogP contribution is -2.49. The monoisotopic (exact) mass is 673 g/mol. The van der Waals surface area contributed by atoms with Gasteiger partial charge in [0.05, 0.1) is 16.9 Å². The summed E-state index contributed by atoms with van der Waals surface area (Å²) in [7, 11) is 2.15. The van der Waals surface area contributed by atoms with Crippen molar-refractivity contribution < 1.29 is 14.4 Å². The minimum atomic E-state index is -0.373. The molecule has 244 valence electrons. The van der Waals surface area contributed by atoms with Crippen LogP contribution in [-0.2, 0) is 11.3 Å². The first-order valence-corrected chi connectivity index (χ1v) is 16.6. The molecule has 0 bridgehead atoms. The van der Waals surface area contributed by atoms with Gasteiger partial charge in [-0.2, -0.15) is 0 Å². The number of benzene rings is 2. The Balaban J connectivity index is 1.02.